The molecule has 0 radical (unpaired) electrons. The Morgan fingerprint density at radius 3 is 2.00 bits per heavy atom. The Balaban J connectivity index is 2.82. The van der Waals surface area contributed by atoms with E-state index in [0.29, 0.717) is 5.96 Å². The molecule has 0 aliphatic carbocycles. The van der Waals surface area contributed by atoms with E-state index in [-0.39, 0.29) is 11.2 Å². The molecule has 1 aliphatic rings. The van der Waals surface area contributed by atoms with Gasteiger partial charge in [0, 0.05) is 20.1 Å². The van der Waals surface area contributed by atoms with E-state index >= 15 is 0 Å². The monoisotopic (exact) mass is 199 g/mol. The molecule has 0 bridgehead atoms. The highest BCUT2D eigenvalue weighted by atomic mass is 16.5. The van der Waals surface area contributed by atoms with Crippen LogP contribution in [0.5, 0.6) is 0 Å². The highest BCUT2D eigenvalue weighted by molar-refractivity contribution is 5.78. The average molecular weight is 199 g/mol. The highest BCUT2D eigenvalue weighted by Gasteiger charge is 2.38. The first-order chi connectivity index (χ1) is 6.26. The maximum atomic E-state index is 5.93. The largest absolute Gasteiger partial charge is 0.370 e. The molecular formula is C10H21N3O. The molecular weight excluding hydrogens is 178 g/mol. The van der Waals surface area contributed by atoms with Crippen molar-refractivity contribution in [2.45, 2.75) is 38.9 Å². The highest BCUT2D eigenvalue weighted by Crippen LogP contribution is 2.27. The molecule has 1 saturated heterocycles. The van der Waals surface area contributed by atoms with Gasteiger partial charge >= 0.3 is 0 Å². The van der Waals surface area contributed by atoms with Crippen LogP contribution in [0.3, 0.4) is 0 Å². The minimum atomic E-state index is -0.170. The van der Waals surface area contributed by atoms with Gasteiger partial charge in [0.25, 0.3) is 0 Å². The number of nitrogens with two attached hydrogens (primary N) is 1. The second kappa shape index (κ2) is 3.42. The Labute approximate surface area is 86.1 Å². The normalized spacial score (nSPS) is 26.4. The quantitative estimate of drug-likeness (QED) is 0.464. The molecule has 2 N–H and O–H groups in total. The SMILES string of the molecule is CN=C(N)N1CC(C)(C)OC(C)(C)C1. The third-order valence-corrected chi connectivity index (χ3v) is 2.25. The van der Waals surface area contributed by atoms with Crippen LogP contribution < -0.4 is 5.73 Å². The van der Waals surface area contributed by atoms with Gasteiger partial charge in [0.15, 0.2) is 5.96 Å². The van der Waals surface area contributed by atoms with E-state index in [1.807, 2.05) is 0 Å². The van der Waals surface area contributed by atoms with Gasteiger partial charge in [0.05, 0.1) is 11.2 Å². The molecule has 0 spiro atoms. The summed E-state index contributed by atoms with van der Waals surface area (Å²) in [5.74, 6) is 0.592. The fourth-order valence-electron chi connectivity index (χ4n) is 2.09. The van der Waals surface area contributed by atoms with Gasteiger partial charge in [-0.15, -0.1) is 0 Å². The van der Waals surface area contributed by atoms with Crippen LogP contribution in [0.15, 0.2) is 4.99 Å². The number of ether oxygens (including phenoxy) is 1. The Bertz CT molecular complexity index is 230. The van der Waals surface area contributed by atoms with E-state index in [0.717, 1.165) is 13.1 Å². The van der Waals surface area contributed by atoms with E-state index < -0.39 is 0 Å². The van der Waals surface area contributed by atoms with Gasteiger partial charge in [-0.1, -0.05) is 0 Å². The molecule has 0 unspecified atom stereocenters. The number of morpholine rings is 1. The number of nitrogens with zero attached hydrogens (tertiary/aromatic N) is 2. The van der Waals surface area contributed by atoms with Gasteiger partial charge in [-0.05, 0) is 27.7 Å². The van der Waals surface area contributed by atoms with E-state index in [1.54, 1.807) is 7.05 Å². The zero-order chi connectivity index (χ0) is 11.0. The first kappa shape index (κ1) is 11.3. The van der Waals surface area contributed by atoms with Gasteiger partial charge in [-0.2, -0.15) is 0 Å². The van der Waals surface area contributed by atoms with Crippen molar-refractivity contribution >= 4 is 5.96 Å². The number of aliphatic imine (C=N–C) groups is 1. The van der Waals surface area contributed by atoms with Crippen molar-refractivity contribution in [1.82, 2.24) is 4.90 Å². The summed E-state index contributed by atoms with van der Waals surface area (Å²) in [6.45, 7) is 9.88. The van der Waals surface area contributed by atoms with Gasteiger partial charge < -0.3 is 15.4 Å². The first-order valence-corrected chi connectivity index (χ1v) is 4.93. The van der Waals surface area contributed by atoms with Crippen molar-refractivity contribution in [2.24, 2.45) is 10.7 Å². The molecule has 0 aromatic carbocycles. The van der Waals surface area contributed by atoms with Gasteiger partial charge in [-0.25, -0.2) is 0 Å². The van der Waals surface area contributed by atoms with Crippen LogP contribution >= 0.6 is 0 Å². The number of hydrogen-bond acceptors (Lipinski definition) is 2. The molecule has 0 aromatic rings. The van der Waals surface area contributed by atoms with Crippen LogP contribution in [0.1, 0.15) is 27.7 Å². The lowest BCUT2D eigenvalue weighted by molar-refractivity contribution is -0.167. The lowest BCUT2D eigenvalue weighted by Gasteiger charge is -2.47. The summed E-state index contributed by atoms with van der Waals surface area (Å²) in [4.78, 5) is 6.08. The Morgan fingerprint density at radius 2 is 1.64 bits per heavy atom. The number of hydrogen-bond donors (Lipinski definition) is 1. The maximum absolute atomic E-state index is 5.93. The standard InChI is InChI=1S/C10H21N3O/c1-9(2)6-13(8(11)12-5)7-10(3,4)14-9/h6-7H2,1-5H3,(H2,11,12). The predicted octanol–water partition coefficient (Wildman–Crippen LogP) is 0.820. The molecule has 0 atom stereocenters. The molecule has 1 aliphatic heterocycles. The Kier molecular flexibility index (Phi) is 2.76. The summed E-state index contributed by atoms with van der Waals surface area (Å²) in [5, 5.41) is 0. The van der Waals surface area contributed by atoms with Crippen LogP contribution in [0.2, 0.25) is 0 Å². The summed E-state index contributed by atoms with van der Waals surface area (Å²) in [6.07, 6.45) is 0. The van der Waals surface area contributed by atoms with E-state index in [4.69, 9.17) is 10.5 Å². The Morgan fingerprint density at radius 1 is 1.21 bits per heavy atom. The molecule has 1 fully saturated rings. The molecule has 0 aromatic heterocycles. The minimum Gasteiger partial charge on any atom is -0.370 e. The second-order valence-electron chi connectivity index (χ2n) is 5.06. The number of guanidine groups is 1. The van der Waals surface area contributed by atoms with Crippen molar-refractivity contribution < 1.29 is 4.74 Å². The van der Waals surface area contributed by atoms with Crippen LogP contribution in [0, 0.1) is 0 Å². The van der Waals surface area contributed by atoms with Crippen molar-refractivity contribution in [3.8, 4) is 0 Å². The molecule has 14 heavy (non-hydrogen) atoms. The number of rotatable bonds is 0. The summed E-state index contributed by atoms with van der Waals surface area (Å²) in [6, 6.07) is 0. The topological polar surface area (TPSA) is 50.8 Å². The van der Waals surface area contributed by atoms with Gasteiger partial charge in [0.1, 0.15) is 0 Å². The van der Waals surface area contributed by atoms with Crippen molar-refractivity contribution in [2.75, 3.05) is 20.1 Å². The Hall–Kier alpha value is -0.770. The summed E-state index contributed by atoms with van der Waals surface area (Å²) in [5.41, 5.74) is 5.47. The molecule has 1 rings (SSSR count). The van der Waals surface area contributed by atoms with E-state index in [2.05, 4.69) is 37.6 Å². The molecule has 1 heterocycles. The third kappa shape index (κ3) is 2.61. The van der Waals surface area contributed by atoms with Crippen LogP contribution in [-0.4, -0.2) is 42.2 Å². The maximum Gasteiger partial charge on any atom is 0.191 e. The zero-order valence-electron chi connectivity index (χ0n) is 9.79. The van der Waals surface area contributed by atoms with E-state index in [9.17, 15) is 0 Å². The lowest BCUT2D eigenvalue weighted by atomic mass is 9.99. The fourth-order valence-corrected chi connectivity index (χ4v) is 2.09. The summed E-state index contributed by atoms with van der Waals surface area (Å²) >= 11 is 0. The van der Waals surface area contributed by atoms with Gasteiger partial charge in [0.2, 0.25) is 0 Å². The third-order valence-electron chi connectivity index (χ3n) is 2.25. The smallest absolute Gasteiger partial charge is 0.191 e. The van der Waals surface area contributed by atoms with Crippen molar-refractivity contribution in [3.05, 3.63) is 0 Å². The second-order valence-corrected chi connectivity index (χ2v) is 5.06. The fraction of sp³-hybridized carbons (Fsp3) is 0.900. The van der Waals surface area contributed by atoms with Gasteiger partial charge in [-0.3, -0.25) is 4.99 Å². The van der Waals surface area contributed by atoms with Crippen molar-refractivity contribution in [1.29, 1.82) is 0 Å². The molecule has 82 valence electrons. The average Bonchev–Trinajstić information content (AvgIpc) is 1.97. The molecule has 4 nitrogen and oxygen atoms in total. The van der Waals surface area contributed by atoms with Crippen LogP contribution in [-0.2, 0) is 4.74 Å². The zero-order valence-corrected chi connectivity index (χ0v) is 9.79. The molecule has 0 saturated carbocycles. The predicted molar refractivity (Wildman–Crippen MR) is 58.4 cm³/mol. The minimum absolute atomic E-state index is 0.170. The van der Waals surface area contributed by atoms with Crippen molar-refractivity contribution in [3.63, 3.8) is 0 Å². The van der Waals surface area contributed by atoms with E-state index in [1.165, 1.54) is 0 Å². The van der Waals surface area contributed by atoms with Crippen LogP contribution in [0.4, 0.5) is 0 Å². The lowest BCUT2D eigenvalue weighted by Crippen LogP contribution is -2.60. The summed E-state index contributed by atoms with van der Waals surface area (Å²) < 4.78 is 5.93. The molecule has 4 heteroatoms. The summed E-state index contributed by atoms with van der Waals surface area (Å²) in [7, 11) is 1.71. The first-order valence-electron chi connectivity index (χ1n) is 4.93. The van der Waals surface area contributed by atoms with Crippen LogP contribution in [0.25, 0.3) is 0 Å². The molecule has 0 amide bonds.